The Morgan fingerprint density at radius 3 is 2.67 bits per heavy atom. The Labute approximate surface area is 103 Å². The van der Waals surface area contributed by atoms with Gasteiger partial charge in [0.05, 0.1) is 0 Å². The van der Waals surface area contributed by atoms with E-state index in [4.69, 9.17) is 4.74 Å². The van der Waals surface area contributed by atoms with Crippen molar-refractivity contribution in [2.24, 2.45) is 0 Å². The van der Waals surface area contributed by atoms with Crippen LogP contribution in [0.5, 0.6) is 11.6 Å². The molecular formula is C14H9FN2O. The van der Waals surface area contributed by atoms with Gasteiger partial charge in [-0.1, -0.05) is 24.3 Å². The molecule has 18 heavy (non-hydrogen) atoms. The molecule has 0 aliphatic heterocycles. The molecule has 4 heteroatoms. The highest BCUT2D eigenvalue weighted by molar-refractivity contribution is 5.84. The van der Waals surface area contributed by atoms with Gasteiger partial charge in [-0.25, -0.2) is 0 Å². The summed E-state index contributed by atoms with van der Waals surface area (Å²) in [6.07, 6.45) is 1.69. The molecule has 3 nitrogen and oxygen atoms in total. The molecule has 0 saturated heterocycles. The smallest absolute Gasteiger partial charge is 0.221 e. The zero-order chi connectivity index (χ0) is 12.4. The largest absolute Gasteiger partial charge is 0.437 e. The fraction of sp³-hybridized carbons (Fsp3) is 0. The minimum absolute atomic E-state index is 0.216. The van der Waals surface area contributed by atoms with E-state index in [0.29, 0.717) is 5.75 Å². The first-order valence-corrected chi connectivity index (χ1v) is 5.47. The molecule has 0 atom stereocenters. The molecule has 2 heterocycles. The molecule has 0 spiro atoms. The van der Waals surface area contributed by atoms with Crippen LogP contribution in [0.15, 0.2) is 54.7 Å². The second kappa shape index (κ2) is 4.41. The van der Waals surface area contributed by atoms with Gasteiger partial charge in [0.15, 0.2) is 5.75 Å². The monoisotopic (exact) mass is 240 g/mol. The van der Waals surface area contributed by atoms with Gasteiger partial charge >= 0.3 is 0 Å². The predicted octanol–water partition coefficient (Wildman–Crippen LogP) is 3.56. The molecule has 0 aliphatic rings. The van der Waals surface area contributed by atoms with E-state index >= 15 is 0 Å². The van der Waals surface area contributed by atoms with Gasteiger partial charge in [0.2, 0.25) is 11.8 Å². The average Bonchev–Trinajstić information content (AvgIpc) is 2.39. The van der Waals surface area contributed by atoms with Gasteiger partial charge in [0.1, 0.15) is 5.52 Å². The van der Waals surface area contributed by atoms with E-state index < -0.39 is 5.95 Å². The zero-order valence-corrected chi connectivity index (χ0v) is 9.38. The molecule has 88 valence electrons. The van der Waals surface area contributed by atoms with E-state index in [0.717, 1.165) is 10.9 Å². The quantitative estimate of drug-likeness (QED) is 0.642. The highest BCUT2D eigenvalue weighted by Crippen LogP contribution is 2.27. The van der Waals surface area contributed by atoms with E-state index in [2.05, 4.69) is 9.97 Å². The average molecular weight is 240 g/mol. The number of fused-ring (bicyclic) bond motifs is 1. The van der Waals surface area contributed by atoms with Crippen LogP contribution < -0.4 is 4.74 Å². The number of nitrogens with zero attached hydrogens (tertiary/aromatic N) is 2. The Balaban J connectivity index is 2.05. The third kappa shape index (κ3) is 2.00. The van der Waals surface area contributed by atoms with Crippen LogP contribution in [0.2, 0.25) is 0 Å². The van der Waals surface area contributed by atoms with Crippen molar-refractivity contribution in [1.82, 2.24) is 9.97 Å². The summed E-state index contributed by atoms with van der Waals surface area (Å²) in [4.78, 5) is 7.91. The maximum absolute atomic E-state index is 13.0. The van der Waals surface area contributed by atoms with E-state index in [1.807, 2.05) is 24.3 Å². The molecule has 2 aromatic heterocycles. The Morgan fingerprint density at radius 2 is 1.78 bits per heavy atom. The molecule has 1 aromatic carbocycles. The summed E-state index contributed by atoms with van der Waals surface area (Å²) in [6.45, 7) is 0. The number of rotatable bonds is 2. The Morgan fingerprint density at radius 1 is 0.944 bits per heavy atom. The van der Waals surface area contributed by atoms with E-state index in [1.165, 1.54) is 6.07 Å². The lowest BCUT2D eigenvalue weighted by Crippen LogP contribution is -1.91. The normalized spacial score (nSPS) is 10.5. The van der Waals surface area contributed by atoms with Crippen LogP contribution in [0.1, 0.15) is 0 Å². The summed E-state index contributed by atoms with van der Waals surface area (Å²) in [7, 11) is 0. The molecule has 0 fully saturated rings. The van der Waals surface area contributed by atoms with Gasteiger partial charge in [0, 0.05) is 17.6 Å². The second-order valence-corrected chi connectivity index (χ2v) is 3.73. The number of pyridine rings is 2. The number of hydrogen-bond donors (Lipinski definition) is 0. The standard InChI is InChI=1S/C14H9FN2O/c15-12-7-2-8-13(17-12)18-11-6-1-4-10-5-3-9-16-14(10)11/h1-9H. The van der Waals surface area contributed by atoms with E-state index in [1.54, 1.807) is 24.4 Å². The van der Waals surface area contributed by atoms with Crippen LogP contribution in [0.25, 0.3) is 10.9 Å². The number of halogens is 1. The minimum atomic E-state index is -0.569. The summed E-state index contributed by atoms with van der Waals surface area (Å²) in [5.74, 6) is 0.208. The fourth-order valence-electron chi connectivity index (χ4n) is 1.72. The highest BCUT2D eigenvalue weighted by Gasteiger charge is 2.05. The molecular weight excluding hydrogens is 231 g/mol. The molecule has 0 N–H and O–H groups in total. The molecule has 3 rings (SSSR count). The lowest BCUT2D eigenvalue weighted by atomic mass is 10.2. The van der Waals surface area contributed by atoms with Crippen LogP contribution >= 0.6 is 0 Å². The molecule has 0 radical (unpaired) electrons. The van der Waals surface area contributed by atoms with Gasteiger partial charge < -0.3 is 4.74 Å². The molecule has 0 saturated carbocycles. The van der Waals surface area contributed by atoms with Crippen LogP contribution in [-0.4, -0.2) is 9.97 Å². The first kappa shape index (κ1) is 10.7. The summed E-state index contributed by atoms with van der Waals surface area (Å²) < 4.78 is 18.5. The summed E-state index contributed by atoms with van der Waals surface area (Å²) >= 11 is 0. The summed E-state index contributed by atoms with van der Waals surface area (Å²) in [6, 6.07) is 13.8. The summed E-state index contributed by atoms with van der Waals surface area (Å²) in [5, 5.41) is 0.964. The van der Waals surface area contributed by atoms with Crippen LogP contribution in [0.4, 0.5) is 4.39 Å². The Bertz CT molecular complexity index is 695. The molecule has 3 aromatic rings. The zero-order valence-electron chi connectivity index (χ0n) is 9.38. The topological polar surface area (TPSA) is 35.0 Å². The SMILES string of the molecule is Fc1cccc(Oc2cccc3cccnc23)n1. The van der Waals surface area contributed by atoms with Crippen LogP contribution in [0.3, 0.4) is 0 Å². The summed E-state index contributed by atoms with van der Waals surface area (Å²) in [5.41, 5.74) is 0.728. The van der Waals surface area contributed by atoms with Crippen molar-refractivity contribution in [2.45, 2.75) is 0 Å². The van der Waals surface area contributed by atoms with Crippen molar-refractivity contribution in [3.63, 3.8) is 0 Å². The fourth-order valence-corrected chi connectivity index (χ4v) is 1.72. The number of ether oxygens (including phenoxy) is 1. The second-order valence-electron chi connectivity index (χ2n) is 3.73. The maximum Gasteiger partial charge on any atom is 0.221 e. The van der Waals surface area contributed by atoms with Gasteiger partial charge in [-0.05, 0) is 18.2 Å². The lowest BCUT2D eigenvalue weighted by Gasteiger charge is -2.06. The van der Waals surface area contributed by atoms with Crippen molar-refractivity contribution in [3.05, 3.63) is 60.7 Å². The maximum atomic E-state index is 13.0. The number of para-hydroxylation sites is 1. The van der Waals surface area contributed by atoms with Gasteiger partial charge in [-0.2, -0.15) is 9.37 Å². The van der Waals surface area contributed by atoms with Crippen molar-refractivity contribution in [1.29, 1.82) is 0 Å². The number of hydrogen-bond acceptors (Lipinski definition) is 3. The number of aromatic nitrogens is 2. The van der Waals surface area contributed by atoms with Crippen molar-refractivity contribution < 1.29 is 9.13 Å². The first-order chi connectivity index (χ1) is 8.83. The molecule has 0 aliphatic carbocycles. The van der Waals surface area contributed by atoms with Crippen molar-refractivity contribution >= 4 is 10.9 Å². The van der Waals surface area contributed by atoms with Crippen LogP contribution in [-0.2, 0) is 0 Å². The van der Waals surface area contributed by atoms with E-state index in [-0.39, 0.29) is 5.88 Å². The predicted molar refractivity (Wildman–Crippen MR) is 66.0 cm³/mol. The minimum Gasteiger partial charge on any atom is -0.437 e. The van der Waals surface area contributed by atoms with Gasteiger partial charge in [-0.15, -0.1) is 0 Å². The first-order valence-electron chi connectivity index (χ1n) is 5.47. The van der Waals surface area contributed by atoms with E-state index in [9.17, 15) is 4.39 Å². The Kier molecular flexibility index (Phi) is 2.61. The van der Waals surface area contributed by atoms with Gasteiger partial charge in [-0.3, -0.25) is 4.98 Å². The van der Waals surface area contributed by atoms with Gasteiger partial charge in [0.25, 0.3) is 0 Å². The third-order valence-corrected chi connectivity index (χ3v) is 2.50. The lowest BCUT2D eigenvalue weighted by molar-refractivity contribution is 0.449. The molecule has 0 unspecified atom stereocenters. The molecule has 0 amide bonds. The van der Waals surface area contributed by atoms with Crippen molar-refractivity contribution in [2.75, 3.05) is 0 Å². The third-order valence-electron chi connectivity index (χ3n) is 2.50. The van der Waals surface area contributed by atoms with Crippen LogP contribution in [0, 0.1) is 5.95 Å². The van der Waals surface area contributed by atoms with Crippen molar-refractivity contribution in [3.8, 4) is 11.6 Å². The molecule has 0 bridgehead atoms. The number of benzene rings is 1. The Hall–Kier alpha value is -2.49. The highest BCUT2D eigenvalue weighted by atomic mass is 19.1.